The van der Waals surface area contributed by atoms with Crippen LogP contribution in [0, 0.1) is 12.7 Å². The fourth-order valence-corrected chi connectivity index (χ4v) is 2.92. The van der Waals surface area contributed by atoms with Crippen molar-refractivity contribution in [3.63, 3.8) is 0 Å². The van der Waals surface area contributed by atoms with Crippen molar-refractivity contribution in [1.82, 2.24) is 14.8 Å². The molecule has 2 aromatic heterocycles. The summed E-state index contributed by atoms with van der Waals surface area (Å²) in [6.45, 7) is 1.68. The van der Waals surface area contributed by atoms with Gasteiger partial charge in [-0.1, -0.05) is 0 Å². The zero-order valence-electron chi connectivity index (χ0n) is 13.3. The number of rotatable bonds is 4. The summed E-state index contributed by atoms with van der Waals surface area (Å²) < 4.78 is 19.1. The zero-order valence-corrected chi connectivity index (χ0v) is 14.1. The van der Waals surface area contributed by atoms with Crippen molar-refractivity contribution in [3.8, 4) is 5.69 Å². The van der Waals surface area contributed by atoms with Crippen LogP contribution in [-0.4, -0.2) is 33.8 Å². The van der Waals surface area contributed by atoms with Crippen LogP contribution in [0.25, 0.3) is 5.69 Å². The number of carbonyl (C=O) groups is 2. The maximum Gasteiger partial charge on any atom is 0.350 e. The number of methoxy groups -OCH3 is 1. The van der Waals surface area contributed by atoms with Gasteiger partial charge in [-0.3, -0.25) is 4.79 Å². The summed E-state index contributed by atoms with van der Waals surface area (Å²) in [5.41, 5.74) is 0.911. The van der Waals surface area contributed by atoms with Crippen LogP contribution in [0.1, 0.15) is 26.1 Å². The number of esters is 1. The molecule has 9 heteroatoms. The number of hydrogen-bond donors (Lipinski definition) is 1. The third-order valence-electron chi connectivity index (χ3n) is 3.33. The molecule has 0 bridgehead atoms. The summed E-state index contributed by atoms with van der Waals surface area (Å²) in [6.07, 6.45) is 0. The highest BCUT2D eigenvalue weighted by atomic mass is 32.1. The van der Waals surface area contributed by atoms with Crippen molar-refractivity contribution in [2.45, 2.75) is 6.92 Å². The van der Waals surface area contributed by atoms with Gasteiger partial charge in [0, 0.05) is 0 Å². The number of thiophene rings is 1. The summed E-state index contributed by atoms with van der Waals surface area (Å²) >= 11 is 1.16. The highest BCUT2D eigenvalue weighted by Crippen LogP contribution is 2.23. The minimum absolute atomic E-state index is 0.0659. The van der Waals surface area contributed by atoms with E-state index in [2.05, 4.69) is 20.1 Å². The smallest absolute Gasteiger partial charge is 0.350 e. The summed E-state index contributed by atoms with van der Waals surface area (Å²) in [6, 6.07) is 7.26. The van der Waals surface area contributed by atoms with Crippen molar-refractivity contribution < 1.29 is 18.7 Å². The standard InChI is InChI=1S/C16H13FN4O3S/c1-9-18-14(20-21(9)11-5-3-10(17)4-6-11)15(22)19-12-7-8-25-13(12)16(23)24-2/h3-8H,1-2H3,(H,19,22). The van der Waals surface area contributed by atoms with Crippen LogP contribution in [-0.2, 0) is 4.74 Å². The summed E-state index contributed by atoms with van der Waals surface area (Å²) in [5.74, 6) is -1.06. The maximum atomic E-state index is 13.0. The molecule has 0 saturated carbocycles. The van der Waals surface area contributed by atoms with Crippen LogP contribution in [0.3, 0.4) is 0 Å². The molecule has 1 N–H and O–H groups in total. The van der Waals surface area contributed by atoms with E-state index in [0.717, 1.165) is 11.3 Å². The van der Waals surface area contributed by atoms with E-state index in [1.165, 1.54) is 36.1 Å². The number of aromatic nitrogens is 3. The lowest BCUT2D eigenvalue weighted by molar-refractivity contribution is 0.0607. The van der Waals surface area contributed by atoms with Gasteiger partial charge in [-0.05, 0) is 42.6 Å². The van der Waals surface area contributed by atoms with Gasteiger partial charge in [0.2, 0.25) is 5.82 Å². The number of halogens is 1. The second-order valence-electron chi connectivity index (χ2n) is 4.98. The Labute approximate surface area is 146 Å². The first-order valence-electron chi connectivity index (χ1n) is 7.16. The Kier molecular flexibility index (Phi) is 4.57. The monoisotopic (exact) mass is 360 g/mol. The number of carbonyl (C=O) groups excluding carboxylic acids is 2. The SMILES string of the molecule is COC(=O)c1sccc1NC(=O)c1nc(C)n(-c2ccc(F)cc2)n1. The Morgan fingerprint density at radius 1 is 1.24 bits per heavy atom. The quantitative estimate of drug-likeness (QED) is 0.723. The third kappa shape index (κ3) is 3.41. The molecular weight excluding hydrogens is 347 g/mol. The number of ether oxygens (including phenoxy) is 1. The maximum absolute atomic E-state index is 13.0. The minimum atomic E-state index is -0.562. The molecule has 0 aliphatic carbocycles. The molecule has 3 rings (SSSR count). The normalized spacial score (nSPS) is 10.5. The van der Waals surface area contributed by atoms with Crippen molar-refractivity contribution in [2.24, 2.45) is 0 Å². The predicted octanol–water partition coefficient (Wildman–Crippen LogP) is 2.82. The Morgan fingerprint density at radius 2 is 1.96 bits per heavy atom. The number of anilines is 1. The Balaban J connectivity index is 1.84. The second kappa shape index (κ2) is 6.81. The number of amides is 1. The average molecular weight is 360 g/mol. The summed E-state index contributed by atoms with van der Waals surface area (Å²) in [4.78, 5) is 28.4. The van der Waals surface area contributed by atoms with Crippen LogP contribution in [0.5, 0.6) is 0 Å². The van der Waals surface area contributed by atoms with Gasteiger partial charge in [0.1, 0.15) is 16.5 Å². The minimum Gasteiger partial charge on any atom is -0.465 e. The molecule has 7 nitrogen and oxygen atoms in total. The zero-order chi connectivity index (χ0) is 18.0. The summed E-state index contributed by atoms with van der Waals surface area (Å²) in [5, 5.41) is 8.40. The number of hydrogen-bond acceptors (Lipinski definition) is 6. The van der Waals surface area contributed by atoms with Crippen molar-refractivity contribution in [1.29, 1.82) is 0 Å². The Morgan fingerprint density at radius 3 is 2.64 bits per heavy atom. The Bertz CT molecular complexity index is 933. The van der Waals surface area contributed by atoms with Gasteiger partial charge in [0.05, 0.1) is 18.5 Å². The molecule has 0 aliphatic rings. The van der Waals surface area contributed by atoms with Crippen molar-refractivity contribution in [2.75, 3.05) is 12.4 Å². The van der Waals surface area contributed by atoms with Crippen LogP contribution >= 0.6 is 11.3 Å². The van der Waals surface area contributed by atoms with Gasteiger partial charge in [0.25, 0.3) is 5.91 Å². The predicted molar refractivity (Wildman–Crippen MR) is 89.7 cm³/mol. The number of aryl methyl sites for hydroxylation is 1. The lowest BCUT2D eigenvalue weighted by Gasteiger charge is -2.03. The first-order chi connectivity index (χ1) is 12.0. The van der Waals surface area contributed by atoms with E-state index in [4.69, 9.17) is 0 Å². The molecule has 0 saturated heterocycles. The number of nitrogens with one attached hydrogen (secondary N) is 1. The van der Waals surface area contributed by atoms with Crippen molar-refractivity contribution in [3.05, 3.63) is 58.1 Å². The van der Waals surface area contributed by atoms with E-state index >= 15 is 0 Å². The third-order valence-corrected chi connectivity index (χ3v) is 4.22. The lowest BCUT2D eigenvalue weighted by atomic mass is 10.3. The molecule has 0 fully saturated rings. The van der Waals surface area contributed by atoms with E-state index in [-0.39, 0.29) is 16.5 Å². The van der Waals surface area contributed by atoms with Gasteiger partial charge in [0.15, 0.2) is 0 Å². The highest BCUT2D eigenvalue weighted by Gasteiger charge is 2.20. The topological polar surface area (TPSA) is 86.1 Å². The van der Waals surface area contributed by atoms with Gasteiger partial charge < -0.3 is 10.1 Å². The van der Waals surface area contributed by atoms with E-state index in [1.54, 1.807) is 18.4 Å². The molecule has 0 aliphatic heterocycles. The van der Waals surface area contributed by atoms with Crippen LogP contribution in [0.4, 0.5) is 10.1 Å². The van der Waals surface area contributed by atoms with E-state index in [9.17, 15) is 14.0 Å². The summed E-state index contributed by atoms with van der Waals surface area (Å²) in [7, 11) is 1.27. The lowest BCUT2D eigenvalue weighted by Crippen LogP contribution is -2.16. The van der Waals surface area contributed by atoms with Crippen molar-refractivity contribution >= 4 is 28.9 Å². The molecule has 2 heterocycles. The molecule has 0 spiro atoms. The van der Waals surface area contributed by atoms with Gasteiger partial charge >= 0.3 is 5.97 Å². The molecule has 3 aromatic rings. The molecule has 128 valence electrons. The molecule has 0 radical (unpaired) electrons. The van der Waals surface area contributed by atoms with E-state index < -0.39 is 11.9 Å². The van der Waals surface area contributed by atoms with Gasteiger partial charge in [-0.2, -0.15) is 0 Å². The first kappa shape index (κ1) is 16.8. The second-order valence-corrected chi connectivity index (χ2v) is 5.90. The van der Waals surface area contributed by atoms with Crippen LogP contribution in [0.2, 0.25) is 0 Å². The number of nitrogens with zero attached hydrogens (tertiary/aromatic N) is 3. The van der Waals surface area contributed by atoms with Crippen LogP contribution < -0.4 is 5.32 Å². The fraction of sp³-hybridized carbons (Fsp3) is 0.125. The average Bonchev–Trinajstić information content (AvgIpc) is 3.21. The Hall–Kier alpha value is -3.07. The van der Waals surface area contributed by atoms with E-state index in [1.807, 2.05) is 0 Å². The van der Waals surface area contributed by atoms with Gasteiger partial charge in [-0.25, -0.2) is 18.9 Å². The molecule has 0 atom stereocenters. The molecule has 25 heavy (non-hydrogen) atoms. The largest absolute Gasteiger partial charge is 0.465 e. The first-order valence-corrected chi connectivity index (χ1v) is 8.04. The molecular formula is C16H13FN4O3S. The fourth-order valence-electron chi connectivity index (χ4n) is 2.15. The van der Waals surface area contributed by atoms with Gasteiger partial charge in [-0.15, -0.1) is 16.4 Å². The number of benzene rings is 1. The molecule has 1 aromatic carbocycles. The molecule has 1 amide bonds. The molecule has 0 unspecified atom stereocenters. The highest BCUT2D eigenvalue weighted by molar-refractivity contribution is 7.12. The van der Waals surface area contributed by atoms with E-state index in [0.29, 0.717) is 17.2 Å². The van der Waals surface area contributed by atoms with Crippen LogP contribution in [0.15, 0.2) is 35.7 Å².